The van der Waals surface area contributed by atoms with Gasteiger partial charge in [0.15, 0.2) is 0 Å². The molecular weight excluding hydrogens is 330 g/mol. The summed E-state index contributed by atoms with van der Waals surface area (Å²) >= 11 is 0. The minimum absolute atomic E-state index is 0.0421. The van der Waals surface area contributed by atoms with Gasteiger partial charge in [0.05, 0.1) is 0 Å². The van der Waals surface area contributed by atoms with Crippen LogP contribution in [0.4, 0.5) is 0 Å². The molecule has 0 amide bonds. The standard InChI is InChI=1S/C21H29NO4/c1-4-19(23)25-14-18(13-24-17-9-6-5-7-10-17)26-22-16-20(2)11-8-12-21(22,3)15-20/h4-7,9-10,18H,1,8,11-16H2,2-3H3. The van der Waals surface area contributed by atoms with Gasteiger partial charge in [0.1, 0.15) is 25.1 Å². The van der Waals surface area contributed by atoms with Crippen LogP contribution in [0.5, 0.6) is 5.75 Å². The van der Waals surface area contributed by atoms with E-state index in [4.69, 9.17) is 14.3 Å². The van der Waals surface area contributed by atoms with E-state index in [1.54, 1.807) is 0 Å². The second-order valence-corrected chi connectivity index (χ2v) is 8.06. The van der Waals surface area contributed by atoms with Gasteiger partial charge in [0.2, 0.25) is 0 Å². The highest BCUT2D eigenvalue weighted by Gasteiger charge is 2.52. The summed E-state index contributed by atoms with van der Waals surface area (Å²) in [5, 5.41) is 2.11. The Kier molecular flexibility index (Phi) is 5.68. The normalized spacial score (nSPS) is 29.2. The topological polar surface area (TPSA) is 48.0 Å². The van der Waals surface area contributed by atoms with E-state index >= 15 is 0 Å². The Hall–Kier alpha value is -1.85. The van der Waals surface area contributed by atoms with Crippen molar-refractivity contribution in [2.24, 2.45) is 5.41 Å². The van der Waals surface area contributed by atoms with Crippen LogP contribution >= 0.6 is 0 Å². The second-order valence-electron chi connectivity index (χ2n) is 8.06. The third-order valence-electron chi connectivity index (χ3n) is 5.46. The van der Waals surface area contributed by atoms with Gasteiger partial charge in [0.25, 0.3) is 0 Å². The van der Waals surface area contributed by atoms with Crippen LogP contribution in [0.15, 0.2) is 43.0 Å². The largest absolute Gasteiger partial charge is 0.491 e. The van der Waals surface area contributed by atoms with Crippen molar-refractivity contribution in [3.8, 4) is 5.75 Å². The van der Waals surface area contributed by atoms with Crippen LogP contribution in [-0.4, -0.2) is 42.4 Å². The Labute approximate surface area is 155 Å². The van der Waals surface area contributed by atoms with E-state index in [0.717, 1.165) is 25.1 Å². The zero-order valence-electron chi connectivity index (χ0n) is 15.8. The molecule has 142 valence electrons. The van der Waals surface area contributed by atoms with E-state index in [2.05, 4.69) is 25.5 Å². The second kappa shape index (κ2) is 7.80. The Morgan fingerprint density at radius 2 is 2.04 bits per heavy atom. The monoisotopic (exact) mass is 359 g/mol. The lowest BCUT2D eigenvalue weighted by Crippen LogP contribution is -2.45. The van der Waals surface area contributed by atoms with Crippen molar-refractivity contribution in [1.82, 2.24) is 5.06 Å². The van der Waals surface area contributed by atoms with E-state index < -0.39 is 5.97 Å². The van der Waals surface area contributed by atoms with E-state index in [-0.39, 0.29) is 18.2 Å². The maximum atomic E-state index is 11.5. The van der Waals surface area contributed by atoms with Crippen molar-refractivity contribution in [2.75, 3.05) is 19.8 Å². The smallest absolute Gasteiger partial charge is 0.330 e. The first-order chi connectivity index (χ1) is 12.4. The van der Waals surface area contributed by atoms with Gasteiger partial charge in [-0.25, -0.2) is 4.79 Å². The summed E-state index contributed by atoms with van der Waals surface area (Å²) in [7, 11) is 0. The van der Waals surface area contributed by atoms with E-state index in [0.29, 0.717) is 12.0 Å². The predicted molar refractivity (Wildman–Crippen MR) is 99.7 cm³/mol. The molecule has 1 saturated heterocycles. The van der Waals surface area contributed by atoms with Crippen molar-refractivity contribution >= 4 is 5.97 Å². The number of esters is 1. The number of carbonyl (C=O) groups excluding carboxylic acids is 1. The van der Waals surface area contributed by atoms with Crippen molar-refractivity contribution in [2.45, 2.75) is 51.2 Å². The number of hydrogen-bond acceptors (Lipinski definition) is 5. The lowest BCUT2D eigenvalue weighted by Gasteiger charge is -2.38. The number of ether oxygens (including phenoxy) is 2. The van der Waals surface area contributed by atoms with Crippen LogP contribution in [0.25, 0.3) is 0 Å². The Balaban J connectivity index is 1.64. The van der Waals surface area contributed by atoms with Crippen LogP contribution < -0.4 is 4.74 Å². The third kappa shape index (κ3) is 4.46. The SMILES string of the molecule is C=CC(=O)OCC(COc1ccccc1)ON1CC2(C)CCCC1(C)C2. The fraction of sp³-hybridized carbons (Fsp3) is 0.571. The van der Waals surface area contributed by atoms with Crippen LogP contribution in [0.1, 0.15) is 39.5 Å². The summed E-state index contributed by atoms with van der Waals surface area (Å²) in [6.07, 6.45) is 5.53. The number of benzene rings is 1. The molecule has 5 nitrogen and oxygen atoms in total. The van der Waals surface area contributed by atoms with Crippen molar-refractivity contribution in [3.05, 3.63) is 43.0 Å². The van der Waals surface area contributed by atoms with Gasteiger partial charge in [-0.1, -0.05) is 38.1 Å². The zero-order valence-corrected chi connectivity index (χ0v) is 15.8. The quantitative estimate of drug-likeness (QED) is 0.523. The van der Waals surface area contributed by atoms with Gasteiger partial charge >= 0.3 is 5.97 Å². The molecular formula is C21H29NO4. The molecule has 1 aliphatic carbocycles. The van der Waals surface area contributed by atoms with E-state index in [1.165, 1.54) is 18.9 Å². The molecule has 1 heterocycles. The molecule has 2 bridgehead atoms. The summed E-state index contributed by atoms with van der Waals surface area (Å²) in [6.45, 7) is 9.40. The molecule has 2 fully saturated rings. The molecule has 1 saturated carbocycles. The van der Waals surface area contributed by atoms with Crippen LogP contribution in [0, 0.1) is 5.41 Å². The summed E-state index contributed by atoms with van der Waals surface area (Å²) in [5.41, 5.74) is 0.343. The summed E-state index contributed by atoms with van der Waals surface area (Å²) in [6, 6.07) is 9.59. The molecule has 3 rings (SSSR count). The number of hydroxylamine groups is 2. The average Bonchev–Trinajstić information content (AvgIpc) is 2.80. The highest BCUT2D eigenvalue weighted by atomic mass is 16.7. The molecule has 0 N–H and O–H groups in total. The molecule has 0 aromatic heterocycles. The number of hydrogen-bond donors (Lipinski definition) is 0. The van der Waals surface area contributed by atoms with Gasteiger partial charge in [0, 0.05) is 18.2 Å². The first-order valence-corrected chi connectivity index (χ1v) is 9.34. The molecule has 0 radical (unpaired) electrons. The minimum Gasteiger partial charge on any atom is -0.491 e. The lowest BCUT2D eigenvalue weighted by molar-refractivity contribution is -0.247. The summed E-state index contributed by atoms with van der Waals surface area (Å²) < 4.78 is 11.1. The summed E-state index contributed by atoms with van der Waals surface area (Å²) in [4.78, 5) is 17.8. The molecule has 3 unspecified atom stereocenters. The minimum atomic E-state index is -0.448. The van der Waals surface area contributed by atoms with Gasteiger partial charge in [-0.05, 0) is 43.7 Å². The first-order valence-electron chi connectivity index (χ1n) is 9.34. The molecule has 26 heavy (non-hydrogen) atoms. The Morgan fingerprint density at radius 1 is 1.27 bits per heavy atom. The summed E-state index contributed by atoms with van der Waals surface area (Å²) in [5.74, 6) is 0.325. The zero-order chi connectivity index (χ0) is 18.6. The molecule has 1 aliphatic heterocycles. The number of rotatable bonds is 8. The highest BCUT2D eigenvalue weighted by Crippen LogP contribution is 2.51. The maximum Gasteiger partial charge on any atom is 0.330 e. The van der Waals surface area contributed by atoms with Crippen LogP contribution in [0.3, 0.4) is 0 Å². The van der Waals surface area contributed by atoms with Crippen LogP contribution in [0.2, 0.25) is 0 Å². The van der Waals surface area contributed by atoms with Gasteiger partial charge < -0.3 is 9.47 Å². The lowest BCUT2D eigenvalue weighted by atomic mass is 9.72. The number of nitrogens with zero attached hydrogens (tertiary/aromatic N) is 1. The van der Waals surface area contributed by atoms with Gasteiger partial charge in [-0.2, -0.15) is 5.06 Å². The van der Waals surface area contributed by atoms with Crippen LogP contribution in [-0.2, 0) is 14.4 Å². The average molecular weight is 359 g/mol. The molecule has 1 aromatic rings. The molecule has 2 aliphatic rings. The first kappa shape index (κ1) is 18.9. The maximum absolute atomic E-state index is 11.5. The molecule has 1 aromatic carbocycles. The molecule has 3 atom stereocenters. The fourth-order valence-corrected chi connectivity index (χ4v) is 4.27. The van der Waals surface area contributed by atoms with Gasteiger partial charge in [-0.3, -0.25) is 4.84 Å². The fourth-order valence-electron chi connectivity index (χ4n) is 4.27. The molecule has 5 heteroatoms. The number of para-hydroxylation sites is 1. The van der Waals surface area contributed by atoms with E-state index in [9.17, 15) is 4.79 Å². The van der Waals surface area contributed by atoms with Crippen molar-refractivity contribution in [1.29, 1.82) is 0 Å². The van der Waals surface area contributed by atoms with Gasteiger partial charge in [-0.15, -0.1) is 0 Å². The van der Waals surface area contributed by atoms with E-state index in [1.807, 2.05) is 30.3 Å². The number of fused-ring (bicyclic) bond motifs is 2. The third-order valence-corrected chi connectivity index (χ3v) is 5.46. The van der Waals surface area contributed by atoms with Crippen molar-refractivity contribution in [3.63, 3.8) is 0 Å². The number of carbonyl (C=O) groups is 1. The predicted octanol–water partition coefficient (Wildman–Crippen LogP) is 3.75. The Bertz CT molecular complexity index is 634. The Morgan fingerprint density at radius 3 is 2.73 bits per heavy atom. The van der Waals surface area contributed by atoms with Crippen molar-refractivity contribution < 1.29 is 19.1 Å². The highest BCUT2D eigenvalue weighted by molar-refractivity contribution is 5.81. The molecule has 0 spiro atoms.